The lowest BCUT2D eigenvalue weighted by Crippen LogP contribution is -2.50. The fraction of sp³-hybridized carbons (Fsp3) is 0.462. The van der Waals surface area contributed by atoms with E-state index in [-0.39, 0.29) is 0 Å². The van der Waals surface area contributed by atoms with Crippen LogP contribution in [0.15, 0.2) is 59.2 Å². The van der Waals surface area contributed by atoms with Gasteiger partial charge in [0.25, 0.3) is 0 Å². The Morgan fingerprint density at radius 2 is 1.78 bits per heavy atom. The predicted molar refractivity (Wildman–Crippen MR) is 135 cm³/mol. The number of likely N-dealkylation sites (tertiary alicyclic amines) is 1. The van der Waals surface area contributed by atoms with Gasteiger partial charge in [-0.1, -0.05) is 46.3 Å². The maximum absolute atomic E-state index is 4.80. The number of piperidine rings is 1. The van der Waals surface area contributed by atoms with Gasteiger partial charge in [0.1, 0.15) is 0 Å². The molecule has 0 bridgehead atoms. The molecule has 168 valence electrons. The van der Waals surface area contributed by atoms with Gasteiger partial charge in [0.05, 0.1) is 5.52 Å². The number of benzene rings is 2. The Labute approximate surface area is 199 Å². The minimum atomic E-state index is 0.793. The first-order valence-electron chi connectivity index (χ1n) is 11.9. The SMILES string of the molecule is Brc1ccc2nc(N3CCN(CC4CCCN(CCc5ccccc5)C4)CC3)ncc2c1. The summed E-state index contributed by atoms with van der Waals surface area (Å²) in [5.41, 5.74) is 2.47. The zero-order chi connectivity index (χ0) is 21.8. The quantitative estimate of drug-likeness (QED) is 0.506. The summed E-state index contributed by atoms with van der Waals surface area (Å²) < 4.78 is 1.07. The van der Waals surface area contributed by atoms with Crippen LogP contribution in [0, 0.1) is 5.92 Å². The van der Waals surface area contributed by atoms with Crippen LogP contribution in [0.1, 0.15) is 18.4 Å². The maximum Gasteiger partial charge on any atom is 0.225 e. The Morgan fingerprint density at radius 3 is 2.62 bits per heavy atom. The van der Waals surface area contributed by atoms with Gasteiger partial charge >= 0.3 is 0 Å². The summed E-state index contributed by atoms with van der Waals surface area (Å²) in [6.07, 6.45) is 5.81. The highest BCUT2D eigenvalue weighted by Crippen LogP contribution is 2.22. The van der Waals surface area contributed by atoms with E-state index in [1.807, 2.05) is 12.3 Å². The highest BCUT2D eigenvalue weighted by molar-refractivity contribution is 9.10. The second kappa shape index (κ2) is 10.3. The van der Waals surface area contributed by atoms with Crippen molar-refractivity contribution in [2.24, 2.45) is 5.92 Å². The molecular formula is C26H32BrN5. The van der Waals surface area contributed by atoms with Crippen molar-refractivity contribution in [3.05, 3.63) is 64.8 Å². The molecule has 3 aromatic rings. The van der Waals surface area contributed by atoms with E-state index in [2.05, 4.69) is 78.1 Å². The molecule has 5 nitrogen and oxygen atoms in total. The average Bonchev–Trinajstić information content (AvgIpc) is 2.84. The zero-order valence-electron chi connectivity index (χ0n) is 18.7. The molecule has 1 unspecified atom stereocenters. The molecule has 2 fully saturated rings. The van der Waals surface area contributed by atoms with E-state index in [1.54, 1.807) is 0 Å². The van der Waals surface area contributed by atoms with Crippen molar-refractivity contribution in [3.63, 3.8) is 0 Å². The van der Waals surface area contributed by atoms with Crippen molar-refractivity contribution in [2.45, 2.75) is 19.3 Å². The van der Waals surface area contributed by atoms with Gasteiger partial charge in [-0.2, -0.15) is 0 Å². The van der Waals surface area contributed by atoms with Crippen molar-refractivity contribution in [1.29, 1.82) is 0 Å². The van der Waals surface area contributed by atoms with Crippen LogP contribution in [0.25, 0.3) is 10.9 Å². The molecule has 0 radical (unpaired) electrons. The second-order valence-electron chi connectivity index (χ2n) is 9.21. The third kappa shape index (κ3) is 5.48. The summed E-state index contributed by atoms with van der Waals surface area (Å²) in [4.78, 5) is 17.1. The smallest absolute Gasteiger partial charge is 0.225 e. The Balaban J connectivity index is 1.10. The number of hydrogen-bond acceptors (Lipinski definition) is 5. The van der Waals surface area contributed by atoms with Crippen LogP contribution in [0.2, 0.25) is 0 Å². The summed E-state index contributed by atoms with van der Waals surface area (Å²) >= 11 is 3.52. The molecule has 0 aliphatic carbocycles. The number of nitrogens with zero attached hydrogens (tertiary/aromatic N) is 5. The fourth-order valence-corrected chi connectivity index (χ4v) is 5.46. The number of fused-ring (bicyclic) bond motifs is 1. The van der Waals surface area contributed by atoms with Crippen LogP contribution in [0.4, 0.5) is 5.95 Å². The monoisotopic (exact) mass is 493 g/mol. The molecule has 2 aliphatic heterocycles. The molecule has 3 heterocycles. The third-order valence-corrected chi connectivity index (χ3v) is 7.36. The molecule has 0 spiro atoms. The molecule has 0 N–H and O–H groups in total. The molecule has 5 rings (SSSR count). The lowest BCUT2D eigenvalue weighted by atomic mass is 9.96. The predicted octanol–water partition coefficient (Wildman–Crippen LogP) is 4.47. The number of halogens is 1. The van der Waals surface area contributed by atoms with Gasteiger partial charge in [-0.05, 0) is 55.5 Å². The van der Waals surface area contributed by atoms with E-state index in [1.165, 1.54) is 44.6 Å². The Bertz CT molecular complexity index is 1020. The Kier molecular flexibility index (Phi) is 7.00. The summed E-state index contributed by atoms with van der Waals surface area (Å²) in [5.74, 6) is 1.66. The fourth-order valence-electron chi connectivity index (χ4n) is 5.08. The number of piperazine rings is 1. The Morgan fingerprint density at radius 1 is 0.938 bits per heavy atom. The first kappa shape index (κ1) is 21.8. The van der Waals surface area contributed by atoms with Crippen molar-refractivity contribution in [1.82, 2.24) is 19.8 Å². The van der Waals surface area contributed by atoms with Gasteiger partial charge < -0.3 is 9.80 Å². The lowest BCUT2D eigenvalue weighted by Gasteiger charge is -2.39. The molecule has 0 amide bonds. The average molecular weight is 494 g/mol. The third-order valence-electron chi connectivity index (χ3n) is 6.86. The van der Waals surface area contributed by atoms with Crippen LogP contribution in [0.5, 0.6) is 0 Å². The lowest BCUT2D eigenvalue weighted by molar-refractivity contribution is 0.130. The zero-order valence-corrected chi connectivity index (χ0v) is 20.3. The van der Waals surface area contributed by atoms with Crippen molar-refractivity contribution in [2.75, 3.05) is 57.3 Å². The van der Waals surface area contributed by atoms with Crippen molar-refractivity contribution < 1.29 is 0 Å². The summed E-state index contributed by atoms with van der Waals surface area (Å²) in [7, 11) is 0. The van der Waals surface area contributed by atoms with Crippen LogP contribution in [0.3, 0.4) is 0 Å². The number of hydrogen-bond donors (Lipinski definition) is 0. The van der Waals surface area contributed by atoms with Gasteiger partial charge in [0, 0.05) is 61.9 Å². The van der Waals surface area contributed by atoms with E-state index < -0.39 is 0 Å². The largest absolute Gasteiger partial charge is 0.338 e. The van der Waals surface area contributed by atoms with Crippen molar-refractivity contribution in [3.8, 4) is 0 Å². The molecule has 0 saturated carbocycles. The number of anilines is 1. The topological polar surface area (TPSA) is 35.5 Å². The summed E-state index contributed by atoms with van der Waals surface area (Å²) in [5, 5.41) is 1.08. The maximum atomic E-state index is 4.80. The van der Waals surface area contributed by atoms with Crippen LogP contribution < -0.4 is 4.90 Å². The second-order valence-corrected chi connectivity index (χ2v) is 10.1. The summed E-state index contributed by atoms with van der Waals surface area (Å²) in [6.45, 7) is 9.12. The first-order valence-corrected chi connectivity index (χ1v) is 12.7. The minimum Gasteiger partial charge on any atom is -0.338 e. The molecule has 32 heavy (non-hydrogen) atoms. The van der Waals surface area contributed by atoms with Crippen molar-refractivity contribution >= 4 is 32.8 Å². The standard InChI is InChI=1S/C26H32BrN5/c27-24-8-9-25-23(17-24)18-28-26(29-25)32-15-13-31(14-16-32)20-22-7-4-11-30(19-22)12-10-21-5-2-1-3-6-21/h1-3,5-6,8-9,17-18,22H,4,7,10-16,19-20H2. The van der Waals surface area contributed by atoms with E-state index in [9.17, 15) is 0 Å². The van der Waals surface area contributed by atoms with Crippen LogP contribution in [-0.4, -0.2) is 72.1 Å². The minimum absolute atomic E-state index is 0.793. The summed E-state index contributed by atoms with van der Waals surface area (Å²) in [6, 6.07) is 17.1. The van der Waals surface area contributed by atoms with E-state index >= 15 is 0 Å². The molecular weight excluding hydrogens is 462 g/mol. The van der Waals surface area contributed by atoms with Gasteiger partial charge in [-0.25, -0.2) is 9.97 Å². The van der Waals surface area contributed by atoms with Gasteiger partial charge in [0.15, 0.2) is 0 Å². The molecule has 2 aromatic carbocycles. The highest BCUT2D eigenvalue weighted by atomic mass is 79.9. The van der Waals surface area contributed by atoms with Gasteiger partial charge in [-0.15, -0.1) is 0 Å². The first-order chi connectivity index (χ1) is 15.7. The van der Waals surface area contributed by atoms with E-state index in [0.717, 1.165) is 59.8 Å². The normalized spacial score (nSPS) is 20.7. The Hall–Kier alpha value is -2.02. The highest BCUT2D eigenvalue weighted by Gasteiger charge is 2.25. The molecule has 6 heteroatoms. The molecule has 1 atom stereocenters. The molecule has 2 saturated heterocycles. The molecule has 2 aliphatic rings. The van der Waals surface area contributed by atoms with Crippen LogP contribution in [-0.2, 0) is 6.42 Å². The van der Waals surface area contributed by atoms with E-state index in [0.29, 0.717) is 0 Å². The van der Waals surface area contributed by atoms with Gasteiger partial charge in [0.2, 0.25) is 5.95 Å². The molecule has 1 aromatic heterocycles. The number of aromatic nitrogens is 2. The number of rotatable bonds is 6. The van der Waals surface area contributed by atoms with E-state index in [4.69, 9.17) is 4.98 Å². The van der Waals surface area contributed by atoms with Crippen LogP contribution >= 0.6 is 15.9 Å². The van der Waals surface area contributed by atoms with Gasteiger partial charge in [-0.3, -0.25) is 4.90 Å².